The van der Waals surface area contributed by atoms with Gasteiger partial charge in [0, 0.05) is 43.2 Å². The number of likely N-dealkylation sites (tertiary alicyclic amines) is 1. The predicted molar refractivity (Wildman–Crippen MR) is 116 cm³/mol. The fraction of sp³-hybridized carbons (Fsp3) is 0.773. The second-order valence-electron chi connectivity index (χ2n) is 9.42. The zero-order chi connectivity index (χ0) is 20.1. The molecule has 1 aromatic heterocycles. The fourth-order valence-corrected chi connectivity index (χ4v) is 5.24. The molecule has 28 heavy (non-hydrogen) atoms. The van der Waals surface area contributed by atoms with Gasteiger partial charge in [-0.3, -0.25) is 4.90 Å². The zero-order valence-corrected chi connectivity index (χ0v) is 18.8. The van der Waals surface area contributed by atoms with Crippen LogP contribution in [0, 0.1) is 11.8 Å². The Bertz CT molecular complexity index is 603. The van der Waals surface area contributed by atoms with Crippen molar-refractivity contribution >= 4 is 17.4 Å². The van der Waals surface area contributed by atoms with Crippen LogP contribution in [-0.2, 0) is 11.3 Å². The average molecular weight is 408 g/mol. The predicted octanol–water partition coefficient (Wildman–Crippen LogP) is 4.20. The highest BCUT2D eigenvalue weighted by Crippen LogP contribution is 2.27. The number of carbonyl (C=O) groups is 1. The van der Waals surface area contributed by atoms with Gasteiger partial charge in [0.15, 0.2) is 0 Å². The van der Waals surface area contributed by atoms with Crippen LogP contribution in [0.3, 0.4) is 0 Å². The van der Waals surface area contributed by atoms with E-state index in [1.165, 1.54) is 11.3 Å². The molecule has 3 rings (SSSR count). The van der Waals surface area contributed by atoms with Crippen molar-refractivity contribution in [1.29, 1.82) is 0 Å². The Morgan fingerprint density at radius 3 is 2.71 bits per heavy atom. The van der Waals surface area contributed by atoms with Crippen molar-refractivity contribution in [1.82, 2.24) is 15.1 Å². The summed E-state index contributed by atoms with van der Waals surface area (Å²) < 4.78 is 5.79. The van der Waals surface area contributed by atoms with Crippen molar-refractivity contribution in [2.45, 2.75) is 65.1 Å². The standard InChI is InChI=1S/C22H37N3O2S/c1-17-11-18(2)13-25(12-17)22(3,4)16-23-21(26)24(14-19-7-5-9-27-19)15-20-8-6-10-28-20/h6,8,10,17-19H,5,7,9,11-16H2,1-4H3,(H,23,26). The van der Waals surface area contributed by atoms with Gasteiger partial charge in [0.2, 0.25) is 0 Å². The molecule has 0 aromatic carbocycles. The highest BCUT2D eigenvalue weighted by atomic mass is 32.1. The number of urea groups is 1. The number of piperidine rings is 1. The first-order valence-electron chi connectivity index (χ1n) is 10.8. The first-order chi connectivity index (χ1) is 13.3. The molecule has 0 bridgehead atoms. The second kappa shape index (κ2) is 9.59. The van der Waals surface area contributed by atoms with E-state index in [1.807, 2.05) is 11.0 Å². The molecule has 2 aliphatic heterocycles. The largest absolute Gasteiger partial charge is 0.376 e. The molecule has 2 fully saturated rings. The molecule has 1 aromatic rings. The summed E-state index contributed by atoms with van der Waals surface area (Å²) >= 11 is 1.70. The molecule has 3 heterocycles. The van der Waals surface area contributed by atoms with Crippen molar-refractivity contribution < 1.29 is 9.53 Å². The number of thiophene rings is 1. The Morgan fingerprint density at radius 1 is 1.36 bits per heavy atom. The first kappa shape index (κ1) is 21.6. The third-order valence-electron chi connectivity index (χ3n) is 6.06. The Balaban J connectivity index is 1.58. The summed E-state index contributed by atoms with van der Waals surface area (Å²) in [6.07, 6.45) is 3.61. The van der Waals surface area contributed by atoms with Crippen LogP contribution in [0.4, 0.5) is 4.79 Å². The van der Waals surface area contributed by atoms with Crippen molar-refractivity contribution in [2.75, 3.05) is 32.8 Å². The third kappa shape index (κ3) is 5.94. The summed E-state index contributed by atoms with van der Waals surface area (Å²) in [5.41, 5.74) is -0.0446. The maximum absolute atomic E-state index is 13.1. The maximum atomic E-state index is 13.1. The molecule has 0 aliphatic carbocycles. The number of rotatable bonds is 7. The zero-order valence-electron chi connectivity index (χ0n) is 17.9. The molecule has 2 amide bonds. The quantitative estimate of drug-likeness (QED) is 0.737. The molecule has 3 unspecified atom stereocenters. The van der Waals surface area contributed by atoms with Crippen LogP contribution in [-0.4, -0.2) is 60.3 Å². The van der Waals surface area contributed by atoms with Gasteiger partial charge in [-0.25, -0.2) is 4.79 Å². The lowest BCUT2D eigenvalue weighted by Gasteiger charge is -2.45. The normalized spacial score (nSPS) is 26.4. The van der Waals surface area contributed by atoms with E-state index in [2.05, 4.69) is 49.4 Å². The summed E-state index contributed by atoms with van der Waals surface area (Å²) in [5, 5.41) is 5.30. The van der Waals surface area contributed by atoms with Gasteiger partial charge in [0.1, 0.15) is 0 Å². The fourth-order valence-electron chi connectivity index (χ4n) is 4.52. The third-order valence-corrected chi connectivity index (χ3v) is 6.92. The van der Waals surface area contributed by atoms with Gasteiger partial charge in [0.05, 0.1) is 12.6 Å². The Hall–Kier alpha value is -1.11. The van der Waals surface area contributed by atoms with Crippen molar-refractivity contribution in [3.63, 3.8) is 0 Å². The van der Waals surface area contributed by atoms with Crippen LogP contribution in [0.2, 0.25) is 0 Å². The highest BCUT2D eigenvalue weighted by molar-refractivity contribution is 7.09. The van der Waals surface area contributed by atoms with E-state index < -0.39 is 0 Å². The number of ether oxygens (including phenoxy) is 1. The van der Waals surface area contributed by atoms with Gasteiger partial charge in [0.25, 0.3) is 0 Å². The summed E-state index contributed by atoms with van der Waals surface area (Å²) in [6, 6.07) is 4.17. The van der Waals surface area contributed by atoms with Crippen LogP contribution in [0.5, 0.6) is 0 Å². The van der Waals surface area contributed by atoms with Crippen molar-refractivity contribution in [3.8, 4) is 0 Å². The van der Waals surface area contributed by atoms with E-state index in [0.717, 1.165) is 32.5 Å². The molecule has 5 nitrogen and oxygen atoms in total. The molecule has 2 aliphatic rings. The molecular weight excluding hydrogens is 370 g/mol. The SMILES string of the molecule is CC1CC(C)CN(C(C)(C)CNC(=O)N(Cc2cccs2)CC2CCCO2)C1. The smallest absolute Gasteiger partial charge is 0.317 e. The van der Waals surface area contributed by atoms with E-state index in [1.54, 1.807) is 11.3 Å². The Morgan fingerprint density at radius 2 is 2.11 bits per heavy atom. The summed E-state index contributed by atoms with van der Waals surface area (Å²) in [6.45, 7) is 14.2. The van der Waals surface area contributed by atoms with Gasteiger partial charge >= 0.3 is 6.03 Å². The Kier molecular flexibility index (Phi) is 7.40. The Labute approximate surface area is 174 Å². The average Bonchev–Trinajstić information content (AvgIpc) is 3.32. The van der Waals surface area contributed by atoms with Crippen LogP contribution in [0.15, 0.2) is 17.5 Å². The molecule has 0 radical (unpaired) electrons. The van der Waals surface area contributed by atoms with Crippen LogP contribution in [0.1, 0.15) is 51.8 Å². The van der Waals surface area contributed by atoms with Gasteiger partial charge in [-0.2, -0.15) is 0 Å². The minimum absolute atomic E-state index is 0.0232. The van der Waals surface area contributed by atoms with E-state index >= 15 is 0 Å². The lowest BCUT2D eigenvalue weighted by molar-refractivity contribution is 0.0449. The van der Waals surface area contributed by atoms with E-state index in [4.69, 9.17) is 4.74 Å². The maximum Gasteiger partial charge on any atom is 0.317 e. The number of hydrogen-bond donors (Lipinski definition) is 1. The van der Waals surface area contributed by atoms with Gasteiger partial charge < -0.3 is 15.0 Å². The number of nitrogens with one attached hydrogen (secondary N) is 1. The molecule has 1 N–H and O–H groups in total. The summed E-state index contributed by atoms with van der Waals surface area (Å²) in [7, 11) is 0. The molecule has 0 spiro atoms. The molecule has 6 heteroatoms. The lowest BCUT2D eigenvalue weighted by Crippen LogP contribution is -2.57. The molecular formula is C22H37N3O2S. The first-order valence-corrected chi connectivity index (χ1v) is 11.6. The van der Waals surface area contributed by atoms with Crippen LogP contribution < -0.4 is 5.32 Å². The number of amides is 2. The van der Waals surface area contributed by atoms with Gasteiger partial charge in [-0.05, 0) is 56.4 Å². The van der Waals surface area contributed by atoms with E-state index in [0.29, 0.717) is 31.5 Å². The van der Waals surface area contributed by atoms with E-state index in [-0.39, 0.29) is 17.7 Å². The van der Waals surface area contributed by atoms with E-state index in [9.17, 15) is 4.79 Å². The highest BCUT2D eigenvalue weighted by Gasteiger charge is 2.33. The van der Waals surface area contributed by atoms with Gasteiger partial charge in [-0.1, -0.05) is 19.9 Å². The monoisotopic (exact) mass is 407 g/mol. The van der Waals surface area contributed by atoms with Crippen molar-refractivity contribution in [2.24, 2.45) is 11.8 Å². The minimum Gasteiger partial charge on any atom is -0.376 e. The van der Waals surface area contributed by atoms with Crippen molar-refractivity contribution in [3.05, 3.63) is 22.4 Å². The van der Waals surface area contributed by atoms with Gasteiger partial charge in [-0.15, -0.1) is 11.3 Å². The number of nitrogens with zero attached hydrogens (tertiary/aromatic N) is 2. The molecule has 158 valence electrons. The summed E-state index contributed by atoms with van der Waals surface area (Å²) in [4.78, 5) is 18.8. The van der Waals surface area contributed by atoms with Crippen LogP contribution >= 0.6 is 11.3 Å². The summed E-state index contributed by atoms with van der Waals surface area (Å²) in [5.74, 6) is 1.43. The number of carbonyl (C=O) groups excluding carboxylic acids is 1. The molecule has 3 atom stereocenters. The lowest BCUT2D eigenvalue weighted by atomic mass is 9.88. The second-order valence-corrected chi connectivity index (χ2v) is 10.4. The topological polar surface area (TPSA) is 44.8 Å². The number of hydrogen-bond acceptors (Lipinski definition) is 4. The molecule has 0 saturated carbocycles. The van der Waals surface area contributed by atoms with Crippen LogP contribution in [0.25, 0.3) is 0 Å². The minimum atomic E-state index is -0.0446. The molecule has 2 saturated heterocycles.